The molecule has 4 aliphatic rings. The lowest BCUT2D eigenvalue weighted by Crippen LogP contribution is -2.51. The molecular formula is C29H39N3O3. The van der Waals surface area contributed by atoms with Gasteiger partial charge in [-0.3, -0.25) is 14.6 Å². The molecule has 0 unspecified atom stereocenters. The fraction of sp³-hybridized carbons (Fsp3) is 0.655. The van der Waals surface area contributed by atoms with Crippen molar-refractivity contribution in [3.63, 3.8) is 0 Å². The number of oxime groups is 1. The topological polar surface area (TPSA) is 80.6 Å². The van der Waals surface area contributed by atoms with Gasteiger partial charge >= 0.3 is 0 Å². The molecule has 35 heavy (non-hydrogen) atoms. The maximum Gasteiger partial charge on any atom is 0.261 e. The lowest BCUT2D eigenvalue weighted by Gasteiger charge is -2.58. The smallest absolute Gasteiger partial charge is 0.261 e. The van der Waals surface area contributed by atoms with Crippen LogP contribution in [0.25, 0.3) is 0 Å². The second-order valence-electron chi connectivity index (χ2n) is 11.8. The number of rotatable bonds is 6. The van der Waals surface area contributed by atoms with E-state index in [0.29, 0.717) is 24.2 Å². The molecule has 0 saturated heterocycles. The summed E-state index contributed by atoms with van der Waals surface area (Å²) in [5.74, 6) is 2.61. The summed E-state index contributed by atoms with van der Waals surface area (Å²) in [5.41, 5.74) is 3.85. The molecule has 0 radical (unpaired) electrons. The molecular weight excluding hydrogens is 438 g/mol. The molecule has 0 aromatic carbocycles. The molecule has 5 rings (SSSR count). The fourth-order valence-corrected chi connectivity index (χ4v) is 8.24. The number of Topliss-reactive ketones (excluding diaryl/α,β-unsaturated/α-hetero) is 1. The highest BCUT2D eigenvalue weighted by molar-refractivity contribution is 5.96. The third-order valence-electron chi connectivity index (χ3n) is 10.1. The Morgan fingerprint density at radius 2 is 2.00 bits per heavy atom. The summed E-state index contributed by atoms with van der Waals surface area (Å²) >= 11 is 0. The van der Waals surface area contributed by atoms with Crippen LogP contribution in [0.5, 0.6) is 0 Å². The van der Waals surface area contributed by atoms with Gasteiger partial charge < -0.3 is 10.2 Å². The summed E-state index contributed by atoms with van der Waals surface area (Å²) in [6.07, 6.45) is 14.7. The van der Waals surface area contributed by atoms with Gasteiger partial charge in [0.25, 0.3) is 5.91 Å². The van der Waals surface area contributed by atoms with Crippen molar-refractivity contribution in [2.75, 3.05) is 6.61 Å². The van der Waals surface area contributed by atoms with E-state index in [-0.39, 0.29) is 29.3 Å². The summed E-state index contributed by atoms with van der Waals surface area (Å²) in [6.45, 7) is 7.05. The van der Waals surface area contributed by atoms with Crippen LogP contribution in [0.15, 0.2) is 41.3 Å². The first kappa shape index (κ1) is 24.2. The number of carbonyl (C=O) groups is 2. The van der Waals surface area contributed by atoms with Crippen molar-refractivity contribution in [3.05, 3.63) is 41.7 Å². The molecule has 4 aliphatic carbocycles. The Morgan fingerprint density at radius 3 is 2.77 bits per heavy atom. The van der Waals surface area contributed by atoms with Crippen molar-refractivity contribution in [2.45, 2.75) is 78.7 Å². The van der Waals surface area contributed by atoms with E-state index in [0.717, 1.165) is 42.9 Å². The Bertz CT molecular complexity index is 1030. The molecule has 1 aromatic rings. The van der Waals surface area contributed by atoms with Gasteiger partial charge in [0.05, 0.1) is 5.71 Å². The highest BCUT2D eigenvalue weighted by Crippen LogP contribution is 2.66. The number of hydrogen-bond acceptors (Lipinski definition) is 5. The third-order valence-corrected chi connectivity index (χ3v) is 10.1. The van der Waals surface area contributed by atoms with E-state index >= 15 is 0 Å². The van der Waals surface area contributed by atoms with E-state index in [1.807, 2.05) is 19.1 Å². The van der Waals surface area contributed by atoms with Gasteiger partial charge in [0.15, 0.2) is 6.61 Å². The minimum Gasteiger partial charge on any atom is -0.385 e. The van der Waals surface area contributed by atoms with Crippen molar-refractivity contribution in [1.82, 2.24) is 10.3 Å². The number of ketones is 1. The summed E-state index contributed by atoms with van der Waals surface area (Å²) in [6, 6.07) is 3.78. The van der Waals surface area contributed by atoms with Crippen molar-refractivity contribution in [1.29, 1.82) is 0 Å². The molecule has 188 valence electrons. The van der Waals surface area contributed by atoms with Crippen LogP contribution in [0.2, 0.25) is 0 Å². The van der Waals surface area contributed by atoms with Gasteiger partial charge in [-0.25, -0.2) is 0 Å². The first-order valence-electron chi connectivity index (χ1n) is 13.4. The average molecular weight is 478 g/mol. The Balaban J connectivity index is 1.20. The van der Waals surface area contributed by atoms with Gasteiger partial charge in [-0.2, -0.15) is 0 Å². The maximum absolute atomic E-state index is 12.4. The van der Waals surface area contributed by atoms with Crippen LogP contribution < -0.4 is 5.32 Å². The van der Waals surface area contributed by atoms with Gasteiger partial charge in [-0.1, -0.05) is 30.6 Å². The summed E-state index contributed by atoms with van der Waals surface area (Å²) < 4.78 is 0. The summed E-state index contributed by atoms with van der Waals surface area (Å²) in [4.78, 5) is 34.0. The molecule has 1 aromatic heterocycles. The summed E-state index contributed by atoms with van der Waals surface area (Å²) in [7, 11) is 0. The van der Waals surface area contributed by atoms with Gasteiger partial charge in [0.2, 0.25) is 0 Å². The van der Waals surface area contributed by atoms with Crippen LogP contribution in [0.4, 0.5) is 0 Å². The lowest BCUT2D eigenvalue weighted by molar-refractivity contribution is -0.128. The van der Waals surface area contributed by atoms with Crippen LogP contribution in [0.3, 0.4) is 0 Å². The van der Waals surface area contributed by atoms with E-state index in [4.69, 9.17) is 4.84 Å². The van der Waals surface area contributed by atoms with Crippen molar-refractivity contribution >= 4 is 17.4 Å². The lowest BCUT2D eigenvalue weighted by atomic mass is 9.46. The fourth-order valence-electron chi connectivity index (χ4n) is 8.24. The van der Waals surface area contributed by atoms with Crippen LogP contribution in [0.1, 0.15) is 77.7 Å². The molecule has 1 heterocycles. The quantitative estimate of drug-likeness (QED) is 0.568. The number of nitrogens with zero attached hydrogens (tertiary/aromatic N) is 2. The second-order valence-corrected chi connectivity index (χ2v) is 11.8. The van der Waals surface area contributed by atoms with E-state index in [9.17, 15) is 9.59 Å². The monoisotopic (exact) mass is 477 g/mol. The van der Waals surface area contributed by atoms with Crippen LogP contribution in [-0.2, 0) is 21.0 Å². The molecule has 0 bridgehead atoms. The molecule has 1 amide bonds. The molecule has 0 spiro atoms. The van der Waals surface area contributed by atoms with E-state index < -0.39 is 0 Å². The SMILES string of the molecule is CC(=O)[C@H]1CC[C@H]2[C@@H]3CCC4=C/C(=N/OCC(=O)NCc5cccnc5)CC[C@]4(C)[C@H]3CC[C@]12C. The number of aromatic nitrogens is 1. The van der Waals surface area contributed by atoms with Gasteiger partial charge in [-0.05, 0) is 105 Å². The number of amides is 1. The van der Waals surface area contributed by atoms with E-state index in [2.05, 4.69) is 35.4 Å². The number of allylic oxidation sites excluding steroid dienone is 2. The number of nitrogens with one attached hydrogen (secondary N) is 1. The molecule has 6 nitrogen and oxygen atoms in total. The van der Waals surface area contributed by atoms with Crippen molar-refractivity contribution in [3.8, 4) is 0 Å². The number of carbonyl (C=O) groups excluding carboxylic acids is 2. The zero-order chi connectivity index (χ0) is 24.6. The Labute approximate surface area is 209 Å². The van der Waals surface area contributed by atoms with Crippen molar-refractivity contribution in [2.24, 2.45) is 39.7 Å². The van der Waals surface area contributed by atoms with Crippen molar-refractivity contribution < 1.29 is 14.4 Å². The first-order valence-corrected chi connectivity index (χ1v) is 13.4. The molecule has 1 N–H and O–H groups in total. The number of pyridine rings is 1. The predicted molar refractivity (Wildman–Crippen MR) is 135 cm³/mol. The van der Waals surface area contributed by atoms with Gasteiger partial charge in [0.1, 0.15) is 5.78 Å². The van der Waals surface area contributed by atoms with E-state index in [1.54, 1.807) is 12.4 Å². The standard InChI is InChI=1S/C29H39N3O3/c1-19(33)24-8-9-25-23-7-6-21-15-22(10-12-28(21,2)26(23)11-13-29(24,25)3)32-35-18-27(34)31-17-20-5-4-14-30-16-20/h4-5,14-16,23-26H,6-13,17-18H2,1-3H3,(H,31,34)/b32-22+/t23-,24+,25-,26-,28-,29+/m0/s1. The molecule has 6 atom stereocenters. The Kier molecular flexibility index (Phi) is 6.58. The third kappa shape index (κ3) is 4.45. The molecule has 3 saturated carbocycles. The normalized spacial score (nSPS) is 37.0. The van der Waals surface area contributed by atoms with Gasteiger partial charge in [-0.15, -0.1) is 0 Å². The molecule has 6 heteroatoms. The predicted octanol–water partition coefficient (Wildman–Crippen LogP) is 5.24. The largest absolute Gasteiger partial charge is 0.385 e. The number of hydrogen-bond donors (Lipinski definition) is 1. The Hall–Kier alpha value is -2.50. The van der Waals surface area contributed by atoms with Crippen LogP contribution in [0, 0.1) is 34.5 Å². The van der Waals surface area contributed by atoms with Crippen LogP contribution in [-0.4, -0.2) is 29.0 Å². The minimum atomic E-state index is -0.183. The zero-order valence-electron chi connectivity index (χ0n) is 21.4. The number of fused-ring (bicyclic) bond motifs is 5. The highest BCUT2D eigenvalue weighted by atomic mass is 16.6. The maximum atomic E-state index is 12.4. The Morgan fingerprint density at radius 1 is 1.14 bits per heavy atom. The zero-order valence-corrected chi connectivity index (χ0v) is 21.4. The molecule has 0 aliphatic heterocycles. The van der Waals surface area contributed by atoms with Gasteiger partial charge in [0, 0.05) is 24.9 Å². The first-order chi connectivity index (χ1) is 16.8. The van der Waals surface area contributed by atoms with Crippen LogP contribution >= 0.6 is 0 Å². The second kappa shape index (κ2) is 9.51. The molecule has 3 fully saturated rings. The highest BCUT2D eigenvalue weighted by Gasteiger charge is 2.59. The van der Waals surface area contributed by atoms with E-state index in [1.165, 1.54) is 31.3 Å². The average Bonchev–Trinajstić information content (AvgIpc) is 3.21. The summed E-state index contributed by atoms with van der Waals surface area (Å²) in [5, 5.41) is 7.17. The minimum absolute atomic E-state index is 0.0769.